The Morgan fingerprint density at radius 1 is 0.879 bits per heavy atom. The highest BCUT2D eigenvalue weighted by molar-refractivity contribution is 6.24. The predicted octanol–water partition coefficient (Wildman–Crippen LogP) is 2.73. The van der Waals surface area contributed by atoms with Crippen molar-refractivity contribution in [2.75, 3.05) is 4.90 Å². The lowest BCUT2D eigenvalue weighted by Crippen LogP contribution is -2.51. The zero-order valence-corrected chi connectivity index (χ0v) is 18.5. The Bertz CT molecular complexity index is 1110. The van der Waals surface area contributed by atoms with Crippen molar-refractivity contribution in [3.05, 3.63) is 65.7 Å². The number of primary amides is 1. The molecule has 2 aromatic carbocycles. The number of carbonyl (C=O) groups excluding carboxylic acids is 4. The normalized spacial score (nSPS) is 27.3. The number of hydrogen-bond donors (Lipinski definition) is 1. The number of carbonyl (C=O) groups is 4. The lowest BCUT2D eigenvalue weighted by atomic mass is 9.86. The lowest BCUT2D eigenvalue weighted by Gasteiger charge is -2.34. The largest absolute Gasteiger partial charge is 0.368 e. The average Bonchev–Trinajstić information content (AvgIpc) is 3.51. The van der Waals surface area contributed by atoms with Gasteiger partial charge in [-0.05, 0) is 37.5 Å². The number of rotatable bonds is 4. The molecule has 2 aliphatic heterocycles. The number of imide groups is 1. The molecule has 0 bridgehead atoms. The van der Waals surface area contributed by atoms with Crippen molar-refractivity contribution >= 4 is 29.3 Å². The van der Waals surface area contributed by atoms with Gasteiger partial charge < -0.3 is 10.6 Å². The van der Waals surface area contributed by atoms with Gasteiger partial charge in [-0.2, -0.15) is 0 Å². The van der Waals surface area contributed by atoms with Crippen LogP contribution in [0, 0.1) is 24.7 Å². The van der Waals surface area contributed by atoms with E-state index in [2.05, 4.69) is 0 Å². The molecule has 4 amide bonds. The van der Waals surface area contributed by atoms with Crippen LogP contribution in [0.3, 0.4) is 0 Å². The van der Waals surface area contributed by atoms with Gasteiger partial charge in [0.15, 0.2) is 0 Å². The van der Waals surface area contributed by atoms with Crippen LogP contribution in [0.5, 0.6) is 0 Å². The molecule has 0 radical (unpaired) electrons. The summed E-state index contributed by atoms with van der Waals surface area (Å²) in [6.07, 6.45) is 3.39. The van der Waals surface area contributed by atoms with Crippen molar-refractivity contribution in [1.29, 1.82) is 0 Å². The SMILES string of the molecule is Cc1ccc(C2C3C(=O)N(c4ccccc4)C(=O)C3C(C(N)=O)N2C(=O)C2CCCC2)cc1. The molecule has 4 atom stereocenters. The Morgan fingerprint density at radius 2 is 1.48 bits per heavy atom. The summed E-state index contributed by atoms with van der Waals surface area (Å²) in [7, 11) is 0. The standard InChI is InChI=1S/C26H27N3O4/c1-15-11-13-16(14-12-15)21-19-20(26(33)28(25(19)32)18-9-3-2-4-10-18)22(23(27)30)29(21)24(31)17-7-5-6-8-17/h2-4,9-14,17,19-22H,5-8H2,1H3,(H2,27,30). The number of nitrogens with zero attached hydrogens (tertiary/aromatic N) is 2. The van der Waals surface area contributed by atoms with Crippen LogP contribution in [0.25, 0.3) is 0 Å². The van der Waals surface area contributed by atoms with Crippen molar-refractivity contribution in [2.45, 2.75) is 44.7 Å². The van der Waals surface area contributed by atoms with E-state index in [9.17, 15) is 19.2 Å². The monoisotopic (exact) mass is 445 g/mol. The van der Waals surface area contributed by atoms with Gasteiger partial charge in [-0.25, -0.2) is 4.90 Å². The fraction of sp³-hybridized carbons (Fsp3) is 0.385. The van der Waals surface area contributed by atoms with E-state index in [-0.39, 0.29) is 11.8 Å². The van der Waals surface area contributed by atoms with E-state index in [0.717, 1.165) is 41.7 Å². The van der Waals surface area contributed by atoms with Crippen molar-refractivity contribution < 1.29 is 19.2 Å². The molecule has 0 spiro atoms. The number of para-hydroxylation sites is 1. The fourth-order valence-corrected chi connectivity index (χ4v) is 5.83. The minimum absolute atomic E-state index is 0.178. The predicted molar refractivity (Wildman–Crippen MR) is 122 cm³/mol. The van der Waals surface area contributed by atoms with Crippen LogP contribution in [0.2, 0.25) is 0 Å². The number of likely N-dealkylation sites (tertiary alicyclic amines) is 1. The minimum Gasteiger partial charge on any atom is -0.368 e. The summed E-state index contributed by atoms with van der Waals surface area (Å²) in [5.41, 5.74) is 8.05. The molecule has 3 fully saturated rings. The summed E-state index contributed by atoms with van der Waals surface area (Å²) in [6, 6.07) is 14.4. The first-order valence-corrected chi connectivity index (χ1v) is 11.5. The Labute approximate surface area is 192 Å². The van der Waals surface area contributed by atoms with Crippen molar-refractivity contribution in [1.82, 2.24) is 4.90 Å². The number of amides is 4. The molecular formula is C26H27N3O4. The van der Waals surface area contributed by atoms with Crippen molar-refractivity contribution in [3.63, 3.8) is 0 Å². The van der Waals surface area contributed by atoms with E-state index < -0.39 is 41.6 Å². The minimum atomic E-state index is -1.15. The number of anilines is 1. The molecular weight excluding hydrogens is 418 g/mol. The van der Waals surface area contributed by atoms with Gasteiger partial charge in [-0.3, -0.25) is 19.2 Å². The van der Waals surface area contributed by atoms with E-state index in [1.54, 1.807) is 30.3 Å². The number of nitrogens with two attached hydrogens (primary N) is 1. The van der Waals surface area contributed by atoms with E-state index in [1.165, 1.54) is 4.90 Å². The molecule has 7 nitrogen and oxygen atoms in total. The zero-order valence-electron chi connectivity index (χ0n) is 18.5. The summed E-state index contributed by atoms with van der Waals surface area (Å²) in [6.45, 7) is 1.95. The molecule has 1 saturated carbocycles. The molecule has 4 unspecified atom stereocenters. The summed E-state index contributed by atoms with van der Waals surface area (Å²) in [5, 5.41) is 0. The van der Waals surface area contributed by atoms with Crippen molar-refractivity contribution in [3.8, 4) is 0 Å². The highest BCUT2D eigenvalue weighted by Crippen LogP contribution is 2.51. The number of fused-ring (bicyclic) bond motifs is 1. The van der Waals surface area contributed by atoms with E-state index >= 15 is 0 Å². The molecule has 3 aliphatic rings. The highest BCUT2D eigenvalue weighted by Gasteiger charge is 2.65. The third-order valence-electron chi connectivity index (χ3n) is 7.36. The molecule has 170 valence electrons. The molecule has 2 aromatic rings. The van der Waals surface area contributed by atoms with Crippen LogP contribution >= 0.6 is 0 Å². The molecule has 2 N–H and O–H groups in total. The number of aryl methyl sites for hydroxylation is 1. The molecule has 5 rings (SSSR count). The second-order valence-corrected chi connectivity index (χ2v) is 9.33. The molecule has 2 heterocycles. The Kier molecular flexibility index (Phi) is 5.27. The third-order valence-corrected chi connectivity index (χ3v) is 7.36. The Morgan fingerprint density at radius 3 is 2.09 bits per heavy atom. The first-order chi connectivity index (χ1) is 15.9. The topological polar surface area (TPSA) is 101 Å². The first-order valence-electron chi connectivity index (χ1n) is 11.5. The van der Waals surface area contributed by atoms with Crippen LogP contribution < -0.4 is 10.6 Å². The molecule has 0 aromatic heterocycles. The smallest absolute Gasteiger partial charge is 0.241 e. The Hall–Kier alpha value is -3.48. The second kappa shape index (κ2) is 8.14. The maximum atomic E-state index is 13.7. The lowest BCUT2D eigenvalue weighted by molar-refractivity contribution is -0.145. The summed E-state index contributed by atoms with van der Waals surface area (Å²) < 4.78 is 0. The highest BCUT2D eigenvalue weighted by atomic mass is 16.2. The van der Waals surface area contributed by atoms with Gasteiger partial charge in [0.1, 0.15) is 6.04 Å². The van der Waals surface area contributed by atoms with Gasteiger partial charge in [0.25, 0.3) is 0 Å². The first kappa shape index (κ1) is 21.4. The van der Waals surface area contributed by atoms with E-state index in [4.69, 9.17) is 5.73 Å². The summed E-state index contributed by atoms with van der Waals surface area (Å²) in [5.74, 6) is -3.86. The molecule has 33 heavy (non-hydrogen) atoms. The molecule has 1 aliphatic carbocycles. The van der Waals surface area contributed by atoms with E-state index in [1.807, 2.05) is 31.2 Å². The van der Waals surface area contributed by atoms with E-state index in [0.29, 0.717) is 5.69 Å². The second-order valence-electron chi connectivity index (χ2n) is 9.33. The number of benzene rings is 2. The van der Waals surface area contributed by atoms with Crippen LogP contribution in [0.15, 0.2) is 54.6 Å². The third kappa shape index (κ3) is 3.34. The number of hydrogen-bond acceptors (Lipinski definition) is 4. The Balaban J connectivity index is 1.64. The van der Waals surface area contributed by atoms with Crippen LogP contribution in [0.1, 0.15) is 42.9 Å². The zero-order chi connectivity index (χ0) is 23.3. The van der Waals surface area contributed by atoms with Gasteiger partial charge in [0.05, 0.1) is 23.6 Å². The molecule has 2 saturated heterocycles. The van der Waals surface area contributed by atoms with Gasteiger partial charge >= 0.3 is 0 Å². The van der Waals surface area contributed by atoms with Crippen LogP contribution in [-0.4, -0.2) is 34.6 Å². The van der Waals surface area contributed by atoms with Crippen LogP contribution in [-0.2, 0) is 19.2 Å². The maximum Gasteiger partial charge on any atom is 0.241 e. The van der Waals surface area contributed by atoms with Gasteiger partial charge in [-0.15, -0.1) is 0 Å². The van der Waals surface area contributed by atoms with Crippen molar-refractivity contribution in [2.24, 2.45) is 23.5 Å². The summed E-state index contributed by atoms with van der Waals surface area (Å²) >= 11 is 0. The maximum absolute atomic E-state index is 13.7. The van der Waals surface area contributed by atoms with Gasteiger partial charge in [0, 0.05) is 5.92 Å². The fourth-order valence-electron chi connectivity index (χ4n) is 5.83. The van der Waals surface area contributed by atoms with Crippen LogP contribution in [0.4, 0.5) is 5.69 Å². The van der Waals surface area contributed by atoms with Gasteiger partial charge in [-0.1, -0.05) is 60.9 Å². The summed E-state index contributed by atoms with van der Waals surface area (Å²) in [4.78, 5) is 56.4. The molecule has 7 heteroatoms. The average molecular weight is 446 g/mol. The quantitative estimate of drug-likeness (QED) is 0.731. The van der Waals surface area contributed by atoms with Gasteiger partial charge in [0.2, 0.25) is 23.6 Å².